The number of aryl methyl sites for hydroxylation is 2. The Hall–Kier alpha value is -8.23. The Morgan fingerprint density at radius 1 is 0.485 bits per heavy atom. The molecule has 0 spiro atoms. The summed E-state index contributed by atoms with van der Waals surface area (Å²) in [6, 6.07) is 69.7. The second-order valence-corrected chi connectivity index (χ2v) is 16.5. The molecule has 0 atom stereocenters. The number of nitrogens with zero attached hydrogens (tertiary/aromatic N) is 7. The van der Waals surface area contributed by atoms with Crippen molar-refractivity contribution in [2.24, 2.45) is 7.05 Å². The van der Waals surface area contributed by atoms with Crippen LogP contribution in [0.2, 0.25) is 0 Å². The van der Waals surface area contributed by atoms with E-state index in [1.165, 1.54) is 22.3 Å². The smallest absolute Gasteiger partial charge is 0.216 e. The summed E-state index contributed by atoms with van der Waals surface area (Å²) in [5, 5.41) is 2.94. The second kappa shape index (κ2) is 18.9. The van der Waals surface area contributed by atoms with Crippen molar-refractivity contribution in [3.8, 4) is 79.3 Å². The zero-order valence-corrected chi connectivity index (χ0v) is 39.7. The number of hydrogen-bond donors (Lipinski definition) is 0. The molecule has 0 fully saturated rings. The van der Waals surface area contributed by atoms with E-state index in [2.05, 4.69) is 97.2 Å². The number of benzene rings is 7. The first-order valence-corrected chi connectivity index (χ1v) is 22.1. The fraction of sp³-hybridized carbons (Fsp3) is 0.0508. The molecular formula is C59H41IrN7O-2. The second-order valence-electron chi connectivity index (χ2n) is 16.5. The molecule has 329 valence electrons. The molecule has 0 aliphatic carbocycles. The Bertz CT molecular complexity index is 3640. The third-order valence-electron chi connectivity index (χ3n) is 11.7. The van der Waals surface area contributed by atoms with Crippen molar-refractivity contribution in [1.82, 2.24) is 34.5 Å². The minimum Gasteiger partial charge on any atom is -0.458 e. The number of fused-ring (bicyclic) bond motifs is 4. The molecule has 9 heteroatoms. The van der Waals surface area contributed by atoms with Crippen molar-refractivity contribution in [3.63, 3.8) is 0 Å². The van der Waals surface area contributed by atoms with Gasteiger partial charge in [0.05, 0.1) is 22.6 Å². The predicted octanol–water partition coefficient (Wildman–Crippen LogP) is 14.0. The fourth-order valence-electron chi connectivity index (χ4n) is 8.44. The number of pyridine rings is 2. The molecule has 0 bridgehead atoms. The van der Waals surface area contributed by atoms with Crippen LogP contribution in [0.5, 0.6) is 0 Å². The summed E-state index contributed by atoms with van der Waals surface area (Å²) in [6.45, 7) is 4.28. The molecule has 5 heterocycles. The number of furan rings is 1. The zero-order valence-electron chi connectivity index (χ0n) is 37.3. The van der Waals surface area contributed by atoms with Crippen LogP contribution in [-0.2, 0) is 27.2 Å². The van der Waals surface area contributed by atoms with Crippen molar-refractivity contribution in [3.05, 3.63) is 218 Å². The first kappa shape index (κ1) is 43.7. The Morgan fingerprint density at radius 2 is 1.13 bits per heavy atom. The Morgan fingerprint density at radius 3 is 1.84 bits per heavy atom. The molecule has 7 aromatic carbocycles. The molecular weight excluding hydrogens is 1010 g/mol. The summed E-state index contributed by atoms with van der Waals surface area (Å²) in [5.41, 5.74) is 14.6. The van der Waals surface area contributed by atoms with E-state index in [0.29, 0.717) is 28.9 Å². The van der Waals surface area contributed by atoms with Gasteiger partial charge in [-0.15, -0.1) is 53.6 Å². The fourth-order valence-corrected chi connectivity index (χ4v) is 8.44. The third kappa shape index (κ3) is 8.88. The molecule has 0 aliphatic rings. The summed E-state index contributed by atoms with van der Waals surface area (Å²) >= 11 is 0. The molecule has 8 nitrogen and oxygen atoms in total. The molecule has 0 saturated carbocycles. The maximum Gasteiger partial charge on any atom is 0.216 e. The van der Waals surface area contributed by atoms with E-state index in [9.17, 15) is 0 Å². The van der Waals surface area contributed by atoms with E-state index in [0.717, 1.165) is 72.3 Å². The minimum absolute atomic E-state index is 0. The maximum absolute atomic E-state index is 6.26. The number of imidazole rings is 1. The maximum atomic E-state index is 6.26. The molecule has 0 amide bonds. The summed E-state index contributed by atoms with van der Waals surface area (Å²) < 4.78 is 8.39. The molecule has 1 radical (unpaired) electrons. The van der Waals surface area contributed by atoms with E-state index in [4.69, 9.17) is 29.3 Å². The van der Waals surface area contributed by atoms with Crippen molar-refractivity contribution in [2.75, 3.05) is 0 Å². The summed E-state index contributed by atoms with van der Waals surface area (Å²) in [5.74, 6) is 2.58. The van der Waals surface area contributed by atoms with Crippen molar-refractivity contribution < 1.29 is 24.5 Å². The van der Waals surface area contributed by atoms with E-state index >= 15 is 0 Å². The minimum atomic E-state index is 0. The van der Waals surface area contributed by atoms with E-state index in [-0.39, 0.29) is 20.1 Å². The van der Waals surface area contributed by atoms with Gasteiger partial charge in [0.1, 0.15) is 5.69 Å². The normalized spacial score (nSPS) is 11.0. The van der Waals surface area contributed by atoms with Crippen LogP contribution < -0.4 is 0 Å². The molecule has 12 rings (SSSR count). The average Bonchev–Trinajstić information content (AvgIpc) is 3.96. The molecule has 0 saturated heterocycles. The van der Waals surface area contributed by atoms with Crippen molar-refractivity contribution in [1.29, 1.82) is 0 Å². The van der Waals surface area contributed by atoms with Crippen LogP contribution in [0.3, 0.4) is 0 Å². The van der Waals surface area contributed by atoms with Gasteiger partial charge in [0.25, 0.3) is 0 Å². The summed E-state index contributed by atoms with van der Waals surface area (Å²) in [7, 11) is 2.05. The number of para-hydroxylation sites is 1. The summed E-state index contributed by atoms with van der Waals surface area (Å²) in [6.07, 6.45) is 1.93. The van der Waals surface area contributed by atoms with Crippen molar-refractivity contribution >= 4 is 33.0 Å². The average molecular weight is 1060 g/mol. The van der Waals surface area contributed by atoms with Gasteiger partial charge in [0, 0.05) is 49.9 Å². The van der Waals surface area contributed by atoms with Gasteiger partial charge in [-0.05, 0) is 53.8 Å². The van der Waals surface area contributed by atoms with E-state index < -0.39 is 0 Å². The number of rotatable bonds is 7. The van der Waals surface area contributed by atoms with Crippen LogP contribution >= 0.6 is 0 Å². The Balaban J connectivity index is 0.000000173. The molecule has 5 aromatic heterocycles. The summed E-state index contributed by atoms with van der Waals surface area (Å²) in [4.78, 5) is 28.6. The van der Waals surface area contributed by atoms with Crippen LogP contribution in [0.1, 0.15) is 11.1 Å². The van der Waals surface area contributed by atoms with Gasteiger partial charge >= 0.3 is 0 Å². The SMILES string of the molecule is Cc1cc(C)cc(-c2ccc(-c3cnc(-c4[c-]cccc4)n3C)cc2)c1.[Ir].[c-]1cc2c(cc1-c1ccc3ccccc3n1)oc1nc(-c3nc(-c4ccccc4)nc(-c4ccccc4)n3)ccc12. The van der Waals surface area contributed by atoms with Gasteiger partial charge in [0.15, 0.2) is 17.5 Å². The van der Waals surface area contributed by atoms with E-state index in [1.807, 2.05) is 140 Å². The van der Waals surface area contributed by atoms with Crippen molar-refractivity contribution in [2.45, 2.75) is 13.8 Å². The predicted molar refractivity (Wildman–Crippen MR) is 269 cm³/mol. The van der Waals surface area contributed by atoms with E-state index in [1.54, 1.807) is 0 Å². The molecule has 68 heavy (non-hydrogen) atoms. The Kier molecular flexibility index (Phi) is 12.2. The van der Waals surface area contributed by atoms with Crippen LogP contribution in [0, 0.1) is 26.0 Å². The first-order chi connectivity index (χ1) is 32.9. The first-order valence-electron chi connectivity index (χ1n) is 22.1. The zero-order chi connectivity index (χ0) is 45.3. The van der Waals surface area contributed by atoms with Gasteiger partial charge in [-0.1, -0.05) is 162 Å². The standard InChI is InChI=1S/C35H20N5O.C24H21N2.Ir/c1-3-10-23(11-4-1)32-38-33(24-12-5-2-6-13-24)40-34(39-32)30-20-18-27-26-17-15-25(21-31(26)41-35(27)37-30)29-19-16-22-9-7-8-14-28(22)36-29;1-17-13-18(2)15-22(14-17)19-9-11-20(12-10-19)23-16-25-24(26(23)3)21-7-5-4-6-8-21;/h1-14,16-21H;4-7,9-16H,1-3H3;/q2*-1;. The monoisotopic (exact) mass is 1060 g/mol. The third-order valence-corrected chi connectivity index (χ3v) is 11.7. The number of aromatic nitrogens is 7. The van der Waals surface area contributed by atoms with Crippen LogP contribution in [0.15, 0.2) is 199 Å². The molecule has 0 N–H and O–H groups in total. The van der Waals surface area contributed by atoms with Gasteiger partial charge in [-0.3, -0.25) is 9.97 Å². The topological polar surface area (TPSA) is 95.4 Å². The molecule has 12 aromatic rings. The Labute approximate surface area is 407 Å². The van der Waals surface area contributed by atoms with Gasteiger partial charge in [-0.2, -0.15) is 0 Å². The molecule has 0 unspecified atom stereocenters. The largest absolute Gasteiger partial charge is 0.458 e. The van der Waals surface area contributed by atoms with Gasteiger partial charge in [-0.25, -0.2) is 19.9 Å². The van der Waals surface area contributed by atoms with Crippen LogP contribution in [-0.4, -0.2) is 34.5 Å². The van der Waals surface area contributed by atoms with Crippen LogP contribution in [0.4, 0.5) is 0 Å². The van der Waals surface area contributed by atoms with Gasteiger partial charge in [0.2, 0.25) is 5.71 Å². The van der Waals surface area contributed by atoms with Crippen LogP contribution in [0.25, 0.3) is 112 Å². The van der Waals surface area contributed by atoms with Gasteiger partial charge < -0.3 is 8.98 Å². The quantitative estimate of drug-likeness (QED) is 0.147. The molecule has 0 aliphatic heterocycles. The number of hydrogen-bond acceptors (Lipinski definition) is 7.